The normalized spacial score (nSPS) is 14.0. The van der Waals surface area contributed by atoms with Gasteiger partial charge in [-0.15, -0.1) is 0 Å². The van der Waals surface area contributed by atoms with E-state index >= 15 is 0 Å². The topological polar surface area (TPSA) is 17.1 Å². The molecule has 0 saturated heterocycles. The summed E-state index contributed by atoms with van der Waals surface area (Å²) in [6, 6.07) is 0. The fourth-order valence-corrected chi connectivity index (χ4v) is 3.23. The number of ketones is 1. The van der Waals surface area contributed by atoms with Crippen molar-refractivity contribution in [3.8, 4) is 0 Å². The number of carbonyl (C=O) groups is 1. The van der Waals surface area contributed by atoms with Gasteiger partial charge in [-0.25, -0.2) is 0 Å². The Morgan fingerprint density at radius 3 is 1.27 bits per heavy atom. The molecular formula is C21H42O. The van der Waals surface area contributed by atoms with Crippen molar-refractivity contribution in [3.63, 3.8) is 0 Å². The SMILES string of the molecule is CCCCCCCCC(C)C(=O)C(C)CCCCCCCC. The summed E-state index contributed by atoms with van der Waals surface area (Å²) in [5.41, 5.74) is 0. The molecule has 0 aliphatic carbocycles. The summed E-state index contributed by atoms with van der Waals surface area (Å²) in [6.45, 7) is 8.80. The summed E-state index contributed by atoms with van der Waals surface area (Å²) in [4.78, 5) is 12.4. The molecule has 2 atom stereocenters. The van der Waals surface area contributed by atoms with Crippen LogP contribution in [0.25, 0.3) is 0 Å². The van der Waals surface area contributed by atoms with Gasteiger partial charge in [0.05, 0.1) is 0 Å². The lowest BCUT2D eigenvalue weighted by atomic mass is 9.88. The van der Waals surface area contributed by atoms with Crippen LogP contribution in [0.4, 0.5) is 0 Å². The molecular weight excluding hydrogens is 268 g/mol. The first-order valence-electron chi connectivity index (χ1n) is 10.2. The molecule has 0 aromatic heterocycles. The standard InChI is InChI=1S/C21H42O/c1-5-7-9-11-13-15-17-19(3)21(22)20(4)18-16-14-12-10-8-6-2/h19-20H,5-18H2,1-4H3. The minimum absolute atomic E-state index is 0.279. The van der Waals surface area contributed by atoms with Gasteiger partial charge < -0.3 is 0 Å². The average Bonchev–Trinajstić information content (AvgIpc) is 2.52. The van der Waals surface area contributed by atoms with Crippen LogP contribution < -0.4 is 0 Å². The number of rotatable bonds is 16. The van der Waals surface area contributed by atoms with Crippen LogP contribution in [0.1, 0.15) is 118 Å². The molecule has 0 N–H and O–H groups in total. The van der Waals surface area contributed by atoms with E-state index in [1.165, 1.54) is 77.0 Å². The van der Waals surface area contributed by atoms with Gasteiger partial charge >= 0.3 is 0 Å². The number of hydrogen-bond acceptors (Lipinski definition) is 1. The fraction of sp³-hybridized carbons (Fsp3) is 0.952. The second-order valence-electron chi connectivity index (χ2n) is 7.32. The Bertz CT molecular complexity index is 222. The van der Waals surface area contributed by atoms with E-state index in [9.17, 15) is 4.79 Å². The fourth-order valence-electron chi connectivity index (χ4n) is 3.23. The first kappa shape index (κ1) is 21.7. The summed E-state index contributed by atoms with van der Waals surface area (Å²) < 4.78 is 0. The molecule has 22 heavy (non-hydrogen) atoms. The van der Waals surface area contributed by atoms with Crippen molar-refractivity contribution in [2.24, 2.45) is 11.8 Å². The molecule has 0 aromatic rings. The Kier molecular flexibility index (Phi) is 15.3. The first-order chi connectivity index (χ1) is 10.6. The van der Waals surface area contributed by atoms with Crippen LogP contribution in [0.5, 0.6) is 0 Å². The third-order valence-corrected chi connectivity index (χ3v) is 4.95. The van der Waals surface area contributed by atoms with Crippen molar-refractivity contribution in [1.29, 1.82) is 0 Å². The van der Waals surface area contributed by atoms with Crippen molar-refractivity contribution in [2.75, 3.05) is 0 Å². The molecule has 1 nitrogen and oxygen atoms in total. The van der Waals surface area contributed by atoms with E-state index in [0.717, 1.165) is 12.8 Å². The molecule has 0 aromatic carbocycles. The van der Waals surface area contributed by atoms with Crippen LogP contribution >= 0.6 is 0 Å². The third-order valence-electron chi connectivity index (χ3n) is 4.95. The Balaban J connectivity index is 3.60. The molecule has 0 saturated carbocycles. The molecule has 1 heteroatoms. The Hall–Kier alpha value is -0.330. The van der Waals surface area contributed by atoms with Crippen LogP contribution in [0.3, 0.4) is 0 Å². The van der Waals surface area contributed by atoms with E-state index in [4.69, 9.17) is 0 Å². The highest BCUT2D eigenvalue weighted by Gasteiger charge is 2.19. The minimum Gasteiger partial charge on any atom is -0.299 e. The van der Waals surface area contributed by atoms with Gasteiger partial charge in [-0.3, -0.25) is 4.79 Å². The second kappa shape index (κ2) is 15.6. The third kappa shape index (κ3) is 12.2. The Morgan fingerprint density at radius 1 is 0.591 bits per heavy atom. The van der Waals surface area contributed by atoms with Gasteiger partial charge in [0, 0.05) is 11.8 Å². The van der Waals surface area contributed by atoms with Crippen molar-refractivity contribution in [1.82, 2.24) is 0 Å². The van der Waals surface area contributed by atoms with Crippen LogP contribution in [0.2, 0.25) is 0 Å². The second-order valence-corrected chi connectivity index (χ2v) is 7.32. The number of Topliss-reactive ketones (excluding diaryl/α,β-unsaturated/α-hetero) is 1. The van der Waals surface area contributed by atoms with Crippen molar-refractivity contribution < 1.29 is 4.79 Å². The molecule has 0 amide bonds. The van der Waals surface area contributed by atoms with E-state index in [0.29, 0.717) is 5.78 Å². The molecule has 0 fully saturated rings. The molecule has 0 aliphatic rings. The predicted octanol–water partition coefficient (Wildman–Crippen LogP) is 7.33. The molecule has 0 heterocycles. The van der Waals surface area contributed by atoms with E-state index in [2.05, 4.69) is 27.7 Å². The van der Waals surface area contributed by atoms with Gasteiger partial charge in [0.25, 0.3) is 0 Å². The number of hydrogen-bond donors (Lipinski definition) is 0. The van der Waals surface area contributed by atoms with Crippen molar-refractivity contribution in [2.45, 2.75) is 118 Å². The lowest BCUT2D eigenvalue weighted by Gasteiger charge is -2.16. The molecule has 0 rings (SSSR count). The largest absolute Gasteiger partial charge is 0.299 e. The summed E-state index contributed by atoms with van der Waals surface area (Å²) in [5.74, 6) is 1.07. The van der Waals surface area contributed by atoms with Gasteiger partial charge in [-0.05, 0) is 12.8 Å². The molecule has 0 aliphatic heterocycles. The summed E-state index contributed by atoms with van der Waals surface area (Å²) >= 11 is 0. The molecule has 2 unspecified atom stereocenters. The zero-order valence-electron chi connectivity index (χ0n) is 16.0. The maximum atomic E-state index is 12.4. The summed E-state index contributed by atoms with van der Waals surface area (Å²) in [6.07, 6.45) is 18.1. The molecule has 0 bridgehead atoms. The van der Waals surface area contributed by atoms with Gasteiger partial charge in [-0.2, -0.15) is 0 Å². The van der Waals surface area contributed by atoms with Crippen molar-refractivity contribution >= 4 is 5.78 Å². The quantitative estimate of drug-likeness (QED) is 0.273. The van der Waals surface area contributed by atoms with Gasteiger partial charge in [-0.1, -0.05) is 105 Å². The van der Waals surface area contributed by atoms with Crippen LogP contribution in [0.15, 0.2) is 0 Å². The Labute approximate surface area is 140 Å². The molecule has 0 spiro atoms. The zero-order valence-corrected chi connectivity index (χ0v) is 16.0. The lowest BCUT2D eigenvalue weighted by molar-refractivity contribution is -0.126. The number of unbranched alkanes of at least 4 members (excludes halogenated alkanes) is 10. The van der Waals surface area contributed by atoms with Gasteiger partial charge in [0.2, 0.25) is 0 Å². The van der Waals surface area contributed by atoms with Gasteiger partial charge in [0.15, 0.2) is 0 Å². The van der Waals surface area contributed by atoms with Gasteiger partial charge in [0.1, 0.15) is 5.78 Å². The van der Waals surface area contributed by atoms with E-state index < -0.39 is 0 Å². The monoisotopic (exact) mass is 310 g/mol. The van der Waals surface area contributed by atoms with Crippen LogP contribution in [-0.4, -0.2) is 5.78 Å². The maximum absolute atomic E-state index is 12.4. The maximum Gasteiger partial charge on any atom is 0.138 e. The number of carbonyl (C=O) groups excluding carboxylic acids is 1. The smallest absolute Gasteiger partial charge is 0.138 e. The highest BCUT2D eigenvalue weighted by molar-refractivity contribution is 5.82. The lowest BCUT2D eigenvalue weighted by Crippen LogP contribution is -2.19. The Morgan fingerprint density at radius 2 is 0.909 bits per heavy atom. The van der Waals surface area contributed by atoms with E-state index in [1.54, 1.807) is 0 Å². The molecule has 132 valence electrons. The summed E-state index contributed by atoms with van der Waals surface area (Å²) in [5, 5.41) is 0. The highest BCUT2D eigenvalue weighted by Crippen LogP contribution is 2.20. The summed E-state index contributed by atoms with van der Waals surface area (Å²) in [7, 11) is 0. The van der Waals surface area contributed by atoms with Crippen LogP contribution in [0, 0.1) is 11.8 Å². The highest BCUT2D eigenvalue weighted by atomic mass is 16.1. The zero-order chi connectivity index (χ0) is 16.6. The van der Waals surface area contributed by atoms with Crippen molar-refractivity contribution in [3.05, 3.63) is 0 Å². The first-order valence-corrected chi connectivity index (χ1v) is 10.2. The average molecular weight is 311 g/mol. The molecule has 0 radical (unpaired) electrons. The van der Waals surface area contributed by atoms with E-state index in [-0.39, 0.29) is 11.8 Å². The predicted molar refractivity (Wildman–Crippen MR) is 99.3 cm³/mol. The minimum atomic E-state index is 0.279. The van der Waals surface area contributed by atoms with Crippen LogP contribution in [-0.2, 0) is 4.79 Å². The van der Waals surface area contributed by atoms with E-state index in [1.807, 2.05) is 0 Å².